The molecule has 1 amide bonds. The van der Waals surface area contributed by atoms with E-state index in [1.165, 1.54) is 32.1 Å². The summed E-state index contributed by atoms with van der Waals surface area (Å²) in [6.45, 7) is 8.41. The van der Waals surface area contributed by atoms with Crippen molar-refractivity contribution < 1.29 is 4.79 Å². The molecule has 96 valence electrons. The van der Waals surface area contributed by atoms with E-state index in [9.17, 15) is 4.79 Å². The van der Waals surface area contributed by atoms with E-state index in [4.69, 9.17) is 0 Å². The molecule has 0 aromatic heterocycles. The topological polar surface area (TPSA) is 20.3 Å². The van der Waals surface area contributed by atoms with Crippen LogP contribution in [0.15, 0.2) is 0 Å². The van der Waals surface area contributed by atoms with Gasteiger partial charge in [0.2, 0.25) is 5.91 Å². The average molecular weight is 227 g/mol. The number of hydrogen-bond acceptors (Lipinski definition) is 1. The molecule has 0 rings (SSSR count). The van der Waals surface area contributed by atoms with Crippen LogP contribution in [0.4, 0.5) is 0 Å². The number of unbranched alkanes of at least 4 members (excludes halogenated alkanes) is 4. The maximum absolute atomic E-state index is 11.8. The van der Waals surface area contributed by atoms with Gasteiger partial charge < -0.3 is 4.90 Å². The minimum atomic E-state index is 0.354. The van der Waals surface area contributed by atoms with Crippen molar-refractivity contribution in [1.29, 1.82) is 0 Å². The van der Waals surface area contributed by atoms with Gasteiger partial charge in [-0.2, -0.15) is 0 Å². The fourth-order valence-corrected chi connectivity index (χ4v) is 1.81. The predicted molar refractivity (Wildman–Crippen MR) is 70.5 cm³/mol. The molecule has 16 heavy (non-hydrogen) atoms. The molecule has 0 aromatic rings. The Hall–Kier alpha value is -0.530. The maximum Gasteiger partial charge on any atom is 0.222 e. The van der Waals surface area contributed by atoms with Crippen LogP contribution in [0, 0.1) is 0 Å². The Labute approximate surface area is 101 Å². The second kappa shape index (κ2) is 11.0. The highest BCUT2D eigenvalue weighted by molar-refractivity contribution is 5.76. The van der Waals surface area contributed by atoms with Gasteiger partial charge in [0.05, 0.1) is 0 Å². The van der Waals surface area contributed by atoms with Gasteiger partial charge in [0.15, 0.2) is 0 Å². The maximum atomic E-state index is 11.8. The molecular formula is C14H29NO. The van der Waals surface area contributed by atoms with Gasteiger partial charge in [0, 0.05) is 19.5 Å². The smallest absolute Gasteiger partial charge is 0.222 e. The first-order valence-electron chi connectivity index (χ1n) is 7.04. The van der Waals surface area contributed by atoms with Crippen molar-refractivity contribution in [2.45, 2.75) is 72.1 Å². The minimum absolute atomic E-state index is 0.354. The number of rotatable bonds is 10. The van der Waals surface area contributed by atoms with Gasteiger partial charge in [-0.15, -0.1) is 0 Å². The number of amides is 1. The molecule has 0 N–H and O–H groups in total. The van der Waals surface area contributed by atoms with Crippen LogP contribution in [0.25, 0.3) is 0 Å². The van der Waals surface area contributed by atoms with Crippen molar-refractivity contribution >= 4 is 5.91 Å². The monoisotopic (exact) mass is 227 g/mol. The molecule has 0 aliphatic carbocycles. The number of hydrogen-bond donors (Lipinski definition) is 0. The number of carbonyl (C=O) groups excluding carboxylic acids is 1. The Morgan fingerprint density at radius 1 is 0.812 bits per heavy atom. The number of nitrogens with zero attached hydrogens (tertiary/aromatic N) is 1. The van der Waals surface area contributed by atoms with Crippen molar-refractivity contribution in [2.24, 2.45) is 0 Å². The van der Waals surface area contributed by atoms with Gasteiger partial charge >= 0.3 is 0 Å². The van der Waals surface area contributed by atoms with Gasteiger partial charge in [-0.1, -0.05) is 46.5 Å². The lowest BCUT2D eigenvalue weighted by molar-refractivity contribution is -0.131. The van der Waals surface area contributed by atoms with E-state index in [-0.39, 0.29) is 0 Å². The summed E-state index contributed by atoms with van der Waals surface area (Å²) in [4.78, 5) is 13.9. The first-order valence-corrected chi connectivity index (χ1v) is 7.04. The second-order valence-corrected chi connectivity index (χ2v) is 4.55. The molecule has 0 spiro atoms. The van der Waals surface area contributed by atoms with E-state index in [0.29, 0.717) is 5.91 Å². The molecule has 0 fully saturated rings. The normalized spacial score (nSPS) is 10.4. The van der Waals surface area contributed by atoms with Crippen molar-refractivity contribution in [1.82, 2.24) is 4.90 Å². The summed E-state index contributed by atoms with van der Waals surface area (Å²) in [5.41, 5.74) is 0. The van der Waals surface area contributed by atoms with Crippen molar-refractivity contribution in [2.75, 3.05) is 13.1 Å². The highest BCUT2D eigenvalue weighted by Crippen LogP contribution is 2.05. The largest absolute Gasteiger partial charge is 0.343 e. The third-order valence-corrected chi connectivity index (χ3v) is 2.88. The summed E-state index contributed by atoms with van der Waals surface area (Å²) < 4.78 is 0. The Kier molecular flexibility index (Phi) is 10.6. The highest BCUT2D eigenvalue weighted by atomic mass is 16.2. The van der Waals surface area contributed by atoms with Crippen molar-refractivity contribution in [3.05, 3.63) is 0 Å². The molecule has 0 aliphatic heterocycles. The second-order valence-electron chi connectivity index (χ2n) is 4.55. The summed E-state index contributed by atoms with van der Waals surface area (Å²) in [5.74, 6) is 0.354. The van der Waals surface area contributed by atoms with Crippen LogP contribution in [0.5, 0.6) is 0 Å². The zero-order valence-corrected chi connectivity index (χ0v) is 11.4. The van der Waals surface area contributed by atoms with Crippen LogP contribution < -0.4 is 0 Å². The van der Waals surface area contributed by atoms with Gasteiger partial charge in [-0.05, 0) is 19.3 Å². The molecule has 0 atom stereocenters. The average Bonchev–Trinajstić information content (AvgIpc) is 2.28. The highest BCUT2D eigenvalue weighted by Gasteiger charge is 2.10. The zero-order valence-electron chi connectivity index (χ0n) is 11.4. The van der Waals surface area contributed by atoms with Gasteiger partial charge in [0.25, 0.3) is 0 Å². The Morgan fingerprint density at radius 3 is 2.00 bits per heavy atom. The summed E-state index contributed by atoms with van der Waals surface area (Å²) >= 11 is 0. The van der Waals surface area contributed by atoms with Crippen molar-refractivity contribution in [3.63, 3.8) is 0 Å². The Bertz CT molecular complexity index is 168. The first-order chi connectivity index (χ1) is 7.76. The molecule has 0 unspecified atom stereocenters. The van der Waals surface area contributed by atoms with Gasteiger partial charge in [-0.25, -0.2) is 0 Å². The van der Waals surface area contributed by atoms with Crippen LogP contribution in [0.3, 0.4) is 0 Å². The zero-order chi connectivity index (χ0) is 12.2. The molecule has 0 saturated carbocycles. The predicted octanol–water partition coefficient (Wildman–Crippen LogP) is 4.00. The molecule has 2 nitrogen and oxygen atoms in total. The summed E-state index contributed by atoms with van der Waals surface area (Å²) in [7, 11) is 0. The Morgan fingerprint density at radius 2 is 1.44 bits per heavy atom. The van der Waals surface area contributed by atoms with Crippen LogP contribution >= 0.6 is 0 Å². The van der Waals surface area contributed by atoms with Crippen LogP contribution in [0.1, 0.15) is 72.1 Å². The molecule has 0 heterocycles. The summed E-state index contributed by atoms with van der Waals surface area (Å²) in [6.07, 6.45) is 9.00. The van der Waals surface area contributed by atoms with E-state index in [0.717, 1.165) is 32.4 Å². The molecule has 0 aromatic carbocycles. The molecule has 2 heteroatoms. The van der Waals surface area contributed by atoms with Gasteiger partial charge in [-0.3, -0.25) is 4.79 Å². The fraction of sp³-hybridized carbons (Fsp3) is 0.929. The standard InChI is InChI=1S/C14H29NO/c1-4-7-9-10-13-15(12-8-5-2)14(16)11-6-3/h4-13H2,1-3H3. The van der Waals surface area contributed by atoms with E-state index in [1.807, 2.05) is 0 Å². The fourth-order valence-electron chi connectivity index (χ4n) is 1.81. The Balaban J connectivity index is 3.84. The lowest BCUT2D eigenvalue weighted by Crippen LogP contribution is -2.32. The van der Waals surface area contributed by atoms with E-state index < -0.39 is 0 Å². The van der Waals surface area contributed by atoms with E-state index in [2.05, 4.69) is 25.7 Å². The molecule has 0 radical (unpaired) electrons. The lowest BCUT2D eigenvalue weighted by atomic mass is 10.2. The third kappa shape index (κ3) is 7.72. The summed E-state index contributed by atoms with van der Waals surface area (Å²) in [6, 6.07) is 0. The summed E-state index contributed by atoms with van der Waals surface area (Å²) in [5, 5.41) is 0. The minimum Gasteiger partial charge on any atom is -0.343 e. The molecule has 0 bridgehead atoms. The van der Waals surface area contributed by atoms with Gasteiger partial charge in [0.1, 0.15) is 0 Å². The quantitative estimate of drug-likeness (QED) is 0.517. The third-order valence-electron chi connectivity index (χ3n) is 2.88. The SMILES string of the molecule is CCCCCCN(CCCC)C(=O)CCC. The molecular weight excluding hydrogens is 198 g/mol. The first kappa shape index (κ1) is 15.5. The van der Waals surface area contributed by atoms with Crippen LogP contribution in [-0.4, -0.2) is 23.9 Å². The van der Waals surface area contributed by atoms with Crippen LogP contribution in [-0.2, 0) is 4.79 Å². The van der Waals surface area contributed by atoms with E-state index in [1.54, 1.807) is 0 Å². The van der Waals surface area contributed by atoms with E-state index >= 15 is 0 Å². The molecule has 0 saturated heterocycles. The molecule has 0 aliphatic rings. The number of carbonyl (C=O) groups is 1. The lowest BCUT2D eigenvalue weighted by Gasteiger charge is -2.22. The van der Waals surface area contributed by atoms with Crippen LogP contribution in [0.2, 0.25) is 0 Å². The van der Waals surface area contributed by atoms with Crippen molar-refractivity contribution in [3.8, 4) is 0 Å².